The van der Waals surface area contributed by atoms with Gasteiger partial charge in [0.1, 0.15) is 19.3 Å². The maximum absolute atomic E-state index is 13.5. The number of amides is 1. The predicted molar refractivity (Wildman–Crippen MR) is 323 cm³/mol. The third-order valence-corrected chi connectivity index (χ3v) is 14.6. The number of phosphoric acid groups is 1. The number of phosphoric ester groups is 1. The summed E-state index contributed by atoms with van der Waals surface area (Å²) in [6.07, 6.45) is 70.4. The molecule has 436 valence electrons. The second kappa shape index (κ2) is 54.8. The Morgan fingerprint density at radius 3 is 1.33 bits per heavy atom. The van der Waals surface area contributed by atoms with Crippen LogP contribution in [0.1, 0.15) is 278 Å². The molecule has 0 saturated carbocycles. The molecular weight excluding hydrogens is 952 g/mol. The first-order valence-corrected chi connectivity index (χ1v) is 32.8. The summed E-state index contributed by atoms with van der Waals surface area (Å²) in [5, 5.41) is 3.04. The number of hydrogen-bond donors (Lipinski definition) is 2. The van der Waals surface area contributed by atoms with Crippen LogP contribution in [-0.2, 0) is 27.9 Å². The molecule has 10 heteroatoms. The highest BCUT2D eigenvalue weighted by Gasteiger charge is 2.30. The number of unbranched alkanes of at least 4 members (excludes halogenated alkanes) is 31. The van der Waals surface area contributed by atoms with Crippen LogP contribution in [0.15, 0.2) is 72.9 Å². The Morgan fingerprint density at radius 1 is 0.480 bits per heavy atom. The fourth-order valence-corrected chi connectivity index (χ4v) is 9.50. The van der Waals surface area contributed by atoms with Crippen molar-refractivity contribution in [3.8, 4) is 0 Å². The van der Waals surface area contributed by atoms with E-state index in [2.05, 4.69) is 86.8 Å². The number of ether oxygens (including phenoxy) is 1. The number of nitrogens with zero attached hydrogens (tertiary/aromatic N) is 1. The van der Waals surface area contributed by atoms with E-state index in [1.54, 1.807) is 0 Å². The monoisotopic (exact) mass is 1070 g/mol. The van der Waals surface area contributed by atoms with E-state index in [4.69, 9.17) is 13.8 Å². The van der Waals surface area contributed by atoms with Crippen LogP contribution in [0.2, 0.25) is 0 Å². The van der Waals surface area contributed by atoms with Crippen LogP contribution in [-0.4, -0.2) is 74.3 Å². The third-order valence-electron chi connectivity index (χ3n) is 13.6. The molecule has 0 aromatic rings. The van der Waals surface area contributed by atoms with E-state index in [9.17, 15) is 19.0 Å². The first-order chi connectivity index (χ1) is 36.4. The zero-order chi connectivity index (χ0) is 55.0. The Labute approximate surface area is 463 Å². The maximum atomic E-state index is 13.5. The van der Waals surface area contributed by atoms with Crippen LogP contribution in [0.4, 0.5) is 0 Å². The number of carbonyl (C=O) groups excluding carboxylic acids is 2. The average molecular weight is 1070 g/mol. The Kier molecular flexibility index (Phi) is 52.9. The molecule has 0 aliphatic heterocycles. The lowest BCUT2D eigenvalue weighted by Crippen LogP contribution is -2.47. The van der Waals surface area contributed by atoms with Gasteiger partial charge in [0.25, 0.3) is 0 Å². The average Bonchev–Trinajstić information content (AvgIpc) is 3.37. The van der Waals surface area contributed by atoms with Crippen LogP contribution >= 0.6 is 7.82 Å². The summed E-state index contributed by atoms with van der Waals surface area (Å²) in [6.45, 7) is 6.96. The van der Waals surface area contributed by atoms with Crippen molar-refractivity contribution in [2.75, 3.05) is 40.9 Å². The van der Waals surface area contributed by atoms with Gasteiger partial charge in [0.15, 0.2) is 0 Å². The van der Waals surface area contributed by atoms with Gasteiger partial charge in [-0.05, 0) is 96.0 Å². The second-order valence-corrected chi connectivity index (χ2v) is 23.7. The fraction of sp³-hybridized carbons (Fsp3) is 0.785. The highest BCUT2D eigenvalue weighted by molar-refractivity contribution is 7.47. The minimum Gasteiger partial charge on any atom is -0.456 e. The minimum atomic E-state index is -4.46. The van der Waals surface area contributed by atoms with Gasteiger partial charge in [-0.2, -0.15) is 0 Å². The van der Waals surface area contributed by atoms with E-state index in [0.717, 1.165) is 89.9 Å². The van der Waals surface area contributed by atoms with E-state index in [1.165, 1.54) is 148 Å². The van der Waals surface area contributed by atoms with Crippen LogP contribution in [0, 0.1) is 0 Å². The Hall–Kier alpha value is -2.55. The highest BCUT2D eigenvalue weighted by atomic mass is 31.2. The molecule has 0 aromatic carbocycles. The molecule has 0 fully saturated rings. The maximum Gasteiger partial charge on any atom is 0.472 e. The summed E-state index contributed by atoms with van der Waals surface area (Å²) in [4.78, 5) is 37.7. The lowest BCUT2D eigenvalue weighted by atomic mass is 10.0. The molecule has 0 radical (unpaired) electrons. The van der Waals surface area contributed by atoms with E-state index in [-0.39, 0.29) is 31.5 Å². The Bertz CT molecular complexity index is 1510. The van der Waals surface area contributed by atoms with Gasteiger partial charge in [0.05, 0.1) is 33.8 Å². The molecule has 0 rings (SSSR count). The van der Waals surface area contributed by atoms with Crippen molar-refractivity contribution in [2.45, 2.75) is 290 Å². The summed E-state index contributed by atoms with van der Waals surface area (Å²) in [7, 11) is 1.47. The number of quaternary nitrogens is 1. The van der Waals surface area contributed by atoms with Crippen molar-refractivity contribution in [1.82, 2.24) is 5.32 Å². The molecule has 75 heavy (non-hydrogen) atoms. The molecule has 9 nitrogen and oxygen atoms in total. The standard InChI is InChI=1S/C65H119N2O7P/c1-7-10-13-16-19-22-25-28-30-32-33-34-35-36-38-40-43-46-49-52-55-58-65(69)74-63(56-53-50-47-44-41-27-24-21-18-15-12-9-3)62(61-73-75(70,71)72-60-59-67(4,5)6)66-64(68)57-54-51-48-45-42-39-37-31-29-26-23-20-17-14-11-8-2/h19,22,28,30-31,33-34,37,39,42,53,56,62-63H,7-18,20-21,23-27,29,32,35-36,38,40-41,43-52,54-55,57-61H2,1-6H3,(H-,66,68,70,71)/p+1/b22-19-,30-28-,34-33-,37-31+,42-39+,56-53+. The first kappa shape index (κ1) is 72.5. The van der Waals surface area contributed by atoms with Crippen molar-refractivity contribution in [2.24, 2.45) is 0 Å². The molecule has 0 heterocycles. The zero-order valence-corrected chi connectivity index (χ0v) is 50.7. The lowest BCUT2D eigenvalue weighted by Gasteiger charge is -2.27. The van der Waals surface area contributed by atoms with Crippen molar-refractivity contribution in [3.63, 3.8) is 0 Å². The van der Waals surface area contributed by atoms with Crippen LogP contribution < -0.4 is 5.32 Å². The zero-order valence-electron chi connectivity index (χ0n) is 49.8. The number of allylic oxidation sites excluding steroid dienone is 11. The Balaban J connectivity index is 5.29. The van der Waals surface area contributed by atoms with E-state index in [1.807, 2.05) is 33.3 Å². The van der Waals surface area contributed by atoms with Gasteiger partial charge in [-0.1, -0.05) is 242 Å². The Morgan fingerprint density at radius 2 is 0.853 bits per heavy atom. The molecule has 2 N–H and O–H groups in total. The number of likely N-dealkylation sites (N-methyl/N-ethyl adjacent to an activating group) is 1. The van der Waals surface area contributed by atoms with Crippen LogP contribution in [0.5, 0.6) is 0 Å². The molecule has 0 aliphatic carbocycles. The summed E-state index contributed by atoms with van der Waals surface area (Å²) < 4.78 is 30.7. The fourth-order valence-electron chi connectivity index (χ4n) is 8.76. The largest absolute Gasteiger partial charge is 0.472 e. The van der Waals surface area contributed by atoms with Gasteiger partial charge in [-0.3, -0.25) is 18.6 Å². The van der Waals surface area contributed by atoms with Gasteiger partial charge in [0, 0.05) is 12.8 Å². The molecule has 0 aliphatic rings. The topological polar surface area (TPSA) is 111 Å². The lowest BCUT2D eigenvalue weighted by molar-refractivity contribution is -0.870. The number of rotatable bonds is 56. The van der Waals surface area contributed by atoms with Gasteiger partial charge in [-0.15, -0.1) is 0 Å². The number of carbonyl (C=O) groups is 2. The summed E-state index contributed by atoms with van der Waals surface area (Å²) in [5.41, 5.74) is 0. The van der Waals surface area contributed by atoms with Crippen LogP contribution in [0.3, 0.4) is 0 Å². The van der Waals surface area contributed by atoms with E-state index in [0.29, 0.717) is 23.9 Å². The normalized spacial score (nSPS) is 14.2. The smallest absolute Gasteiger partial charge is 0.456 e. The SMILES string of the molecule is CCCCC/C=C\C/C=C\C/C=C\CCCCCCCCCCC(=O)OC(/C=C/CCCCCCCCCCCC)C(COP(=O)(O)OCC[N+](C)(C)C)NC(=O)CCCCC/C=C/C=C/CCCCCCCCC. The predicted octanol–water partition coefficient (Wildman–Crippen LogP) is 19.2. The van der Waals surface area contributed by atoms with Gasteiger partial charge in [-0.25, -0.2) is 4.57 Å². The molecule has 3 unspecified atom stereocenters. The highest BCUT2D eigenvalue weighted by Crippen LogP contribution is 2.43. The molecule has 0 saturated heterocycles. The molecular formula is C65H120N2O7P+. The van der Waals surface area contributed by atoms with Crippen molar-refractivity contribution in [1.29, 1.82) is 0 Å². The molecule has 0 bridgehead atoms. The van der Waals surface area contributed by atoms with Crippen molar-refractivity contribution < 1.29 is 37.3 Å². The summed E-state index contributed by atoms with van der Waals surface area (Å²) in [6, 6.07) is -0.867. The minimum absolute atomic E-state index is 0.0318. The number of nitrogens with one attached hydrogen (secondary N) is 1. The van der Waals surface area contributed by atoms with Gasteiger partial charge < -0.3 is 19.4 Å². The van der Waals surface area contributed by atoms with E-state index < -0.39 is 20.0 Å². The number of hydrogen-bond acceptors (Lipinski definition) is 6. The molecule has 1 amide bonds. The van der Waals surface area contributed by atoms with Crippen molar-refractivity contribution in [3.05, 3.63) is 72.9 Å². The number of esters is 1. The third kappa shape index (κ3) is 56.0. The summed E-state index contributed by atoms with van der Waals surface area (Å²) in [5.74, 6) is -0.542. The van der Waals surface area contributed by atoms with Crippen molar-refractivity contribution >= 4 is 19.7 Å². The second-order valence-electron chi connectivity index (χ2n) is 22.3. The first-order valence-electron chi connectivity index (χ1n) is 31.3. The van der Waals surface area contributed by atoms with Gasteiger partial charge >= 0.3 is 13.8 Å². The quantitative estimate of drug-likeness (QED) is 0.0156. The molecule has 0 aromatic heterocycles. The van der Waals surface area contributed by atoms with Crippen LogP contribution in [0.25, 0.3) is 0 Å². The van der Waals surface area contributed by atoms with E-state index >= 15 is 0 Å². The molecule has 0 spiro atoms. The van der Waals surface area contributed by atoms with Gasteiger partial charge in [0.2, 0.25) is 5.91 Å². The summed E-state index contributed by atoms with van der Waals surface area (Å²) >= 11 is 0. The molecule has 3 atom stereocenters.